The molecule has 0 spiro atoms. The van der Waals surface area contributed by atoms with E-state index in [1.165, 1.54) is 24.3 Å². The van der Waals surface area contributed by atoms with E-state index in [0.717, 1.165) is 22.3 Å². The Kier molecular flexibility index (Phi) is 9.96. The third-order valence-electron chi connectivity index (χ3n) is 13.0. The van der Waals surface area contributed by atoms with Crippen molar-refractivity contribution in [2.75, 3.05) is 0 Å². The molecule has 8 aromatic rings. The number of benzene rings is 8. The third-order valence-corrected chi connectivity index (χ3v) is 13.0. The van der Waals surface area contributed by atoms with E-state index in [2.05, 4.69) is 0 Å². The van der Waals surface area contributed by atoms with Gasteiger partial charge in [0.1, 0.15) is 87.3 Å². The monoisotopic (exact) mass is 906 g/mol. The van der Waals surface area contributed by atoms with E-state index in [1.54, 1.807) is 109 Å². The fourth-order valence-electron chi connectivity index (χ4n) is 10.2. The van der Waals surface area contributed by atoms with Crippen LogP contribution in [0.3, 0.4) is 0 Å². The van der Waals surface area contributed by atoms with Crippen LogP contribution < -0.4 is 14.2 Å². The first kappa shape index (κ1) is 41.8. The average Bonchev–Trinajstić information content (AvgIpc) is 4.00. The van der Waals surface area contributed by atoms with E-state index in [0.29, 0.717) is 56.2 Å². The Balaban J connectivity index is 1.05. The van der Waals surface area contributed by atoms with Gasteiger partial charge in [0.05, 0.1) is 17.8 Å². The minimum absolute atomic E-state index is 0.0494. The van der Waals surface area contributed by atoms with Crippen molar-refractivity contribution < 1.29 is 60.2 Å². The van der Waals surface area contributed by atoms with E-state index in [9.17, 15) is 46.0 Å². The molecule has 0 saturated carbocycles. The molecule has 0 amide bonds. The largest absolute Gasteiger partial charge is 0.508 e. The molecule has 0 aromatic heterocycles. The van der Waals surface area contributed by atoms with E-state index in [1.807, 2.05) is 30.4 Å². The minimum Gasteiger partial charge on any atom is -0.508 e. The number of phenolic OH excluding ortho intramolecular Hbond substituents is 9. The van der Waals surface area contributed by atoms with Gasteiger partial charge < -0.3 is 60.2 Å². The molecule has 12 heteroatoms. The van der Waals surface area contributed by atoms with Gasteiger partial charge in [-0.25, -0.2) is 0 Å². The SMILES string of the molecule is Oc1ccc([C@H]2Oc3cc(O)cc(/C=C/c4ccc5c(c4)[C@@H](c4cc(O)cc6c4[C@@H](c4cc(O)cc(O)c4)[C@H](c4ccc(O)cc4)O6)[C@H](c4ccc(O)cc4)O5)c3[C@@H]2c2cc(O)cc(O)c2)cc1. The van der Waals surface area contributed by atoms with Gasteiger partial charge in [0.25, 0.3) is 0 Å². The maximum absolute atomic E-state index is 11.5. The highest BCUT2D eigenvalue weighted by atomic mass is 16.5. The van der Waals surface area contributed by atoms with Crippen LogP contribution in [0, 0.1) is 0 Å². The first-order valence-corrected chi connectivity index (χ1v) is 21.8. The Morgan fingerprint density at radius 2 is 0.706 bits per heavy atom. The molecule has 8 aromatic carbocycles. The van der Waals surface area contributed by atoms with Crippen molar-refractivity contribution in [3.8, 4) is 69.0 Å². The third kappa shape index (κ3) is 7.47. The van der Waals surface area contributed by atoms with Crippen LogP contribution in [0.15, 0.2) is 152 Å². The van der Waals surface area contributed by atoms with Gasteiger partial charge in [0, 0.05) is 41.0 Å². The lowest BCUT2D eigenvalue weighted by atomic mass is 9.76. The summed E-state index contributed by atoms with van der Waals surface area (Å²) in [5, 5.41) is 96.0. The standard InChI is InChI=1S/C56H42O12/c57-35-10-4-29(5-11-35)54-50(33-19-38(60)23-39(61)20-33)49-32(18-42(64)26-47(49)67-54)3-1-28-2-16-46-44(17-28)52(56(66-46)31-8-14-37(59)15-9-31)45-25-43(65)27-48-53(45)51(34-21-40(62)24-41(63)22-34)55(68-48)30-6-12-36(58)13-7-30/h1-27,50-52,54-65H/b3-1+/t50-,51+,52-,54+,55-,56-/m0/s1. The predicted octanol–water partition coefficient (Wildman–Crippen LogP) is 11.0. The van der Waals surface area contributed by atoms with Gasteiger partial charge in [-0.2, -0.15) is 0 Å². The van der Waals surface area contributed by atoms with Crippen LogP contribution in [-0.2, 0) is 0 Å². The highest BCUT2D eigenvalue weighted by Crippen LogP contribution is 2.59. The molecule has 9 N–H and O–H groups in total. The van der Waals surface area contributed by atoms with E-state index in [4.69, 9.17) is 14.2 Å². The van der Waals surface area contributed by atoms with Gasteiger partial charge in [-0.05, 0) is 129 Å². The van der Waals surface area contributed by atoms with Crippen molar-refractivity contribution in [1.82, 2.24) is 0 Å². The summed E-state index contributed by atoms with van der Waals surface area (Å²) in [5.41, 5.74) is 7.38. The Labute approximate surface area is 389 Å². The number of rotatable bonds is 8. The summed E-state index contributed by atoms with van der Waals surface area (Å²) in [6.07, 6.45) is 1.69. The number of aromatic hydroxyl groups is 9. The Morgan fingerprint density at radius 1 is 0.294 bits per heavy atom. The molecule has 0 unspecified atom stereocenters. The number of hydrogen-bond donors (Lipinski definition) is 9. The summed E-state index contributed by atoms with van der Waals surface area (Å²) in [5.74, 6) is -0.981. The number of hydrogen-bond acceptors (Lipinski definition) is 12. The van der Waals surface area contributed by atoms with Gasteiger partial charge in [0.15, 0.2) is 0 Å². The summed E-state index contributed by atoms with van der Waals surface area (Å²) < 4.78 is 20.0. The molecule has 0 saturated heterocycles. The molecule has 0 radical (unpaired) electrons. The van der Waals surface area contributed by atoms with Crippen molar-refractivity contribution >= 4 is 12.2 Å². The first-order chi connectivity index (χ1) is 32.8. The second-order valence-corrected chi connectivity index (χ2v) is 17.4. The molecule has 3 aliphatic heterocycles. The first-order valence-electron chi connectivity index (χ1n) is 21.8. The summed E-state index contributed by atoms with van der Waals surface area (Å²) in [4.78, 5) is 0. The zero-order valence-corrected chi connectivity index (χ0v) is 35.8. The van der Waals surface area contributed by atoms with Gasteiger partial charge in [-0.1, -0.05) is 54.6 Å². The number of phenols is 9. The lowest BCUT2D eigenvalue weighted by Gasteiger charge is -2.26. The van der Waals surface area contributed by atoms with Crippen molar-refractivity contribution in [3.63, 3.8) is 0 Å². The van der Waals surface area contributed by atoms with E-state index >= 15 is 0 Å². The fraction of sp³-hybridized carbons (Fsp3) is 0.107. The maximum atomic E-state index is 11.5. The smallest absolute Gasteiger partial charge is 0.135 e. The average molecular weight is 907 g/mol. The highest BCUT2D eigenvalue weighted by Gasteiger charge is 2.46. The molecule has 3 aliphatic rings. The topological polar surface area (TPSA) is 210 Å². The molecule has 68 heavy (non-hydrogen) atoms. The van der Waals surface area contributed by atoms with Crippen molar-refractivity contribution in [1.29, 1.82) is 0 Å². The summed E-state index contributed by atoms with van der Waals surface area (Å²) in [6, 6.07) is 40.7. The summed E-state index contributed by atoms with van der Waals surface area (Å²) >= 11 is 0. The quantitative estimate of drug-likeness (QED) is 0.0652. The second-order valence-electron chi connectivity index (χ2n) is 17.4. The van der Waals surface area contributed by atoms with E-state index in [-0.39, 0.29) is 51.7 Å². The maximum Gasteiger partial charge on any atom is 0.135 e. The van der Waals surface area contributed by atoms with Gasteiger partial charge in [-0.15, -0.1) is 0 Å². The molecule has 0 bridgehead atoms. The Morgan fingerprint density at radius 3 is 1.21 bits per heavy atom. The minimum atomic E-state index is -0.718. The van der Waals surface area contributed by atoms with Crippen LogP contribution in [-0.4, -0.2) is 46.0 Å². The summed E-state index contributed by atoms with van der Waals surface area (Å²) in [7, 11) is 0. The lowest BCUT2D eigenvalue weighted by molar-refractivity contribution is 0.220. The van der Waals surface area contributed by atoms with Gasteiger partial charge in [-0.3, -0.25) is 0 Å². The fourth-order valence-corrected chi connectivity index (χ4v) is 10.2. The van der Waals surface area contributed by atoms with Crippen molar-refractivity contribution in [2.45, 2.75) is 36.1 Å². The zero-order valence-electron chi connectivity index (χ0n) is 35.8. The summed E-state index contributed by atoms with van der Waals surface area (Å²) in [6.45, 7) is 0. The molecule has 338 valence electrons. The normalized spacial score (nSPS) is 20.0. The molecule has 12 nitrogen and oxygen atoms in total. The van der Waals surface area contributed by atoms with Crippen LogP contribution in [0.25, 0.3) is 12.2 Å². The second kappa shape index (κ2) is 16.2. The molecule has 0 aliphatic carbocycles. The van der Waals surface area contributed by atoms with Crippen molar-refractivity contribution in [2.24, 2.45) is 0 Å². The molecule has 11 rings (SSSR count). The molecular formula is C56H42O12. The molecule has 3 heterocycles. The lowest BCUT2D eigenvalue weighted by Crippen LogP contribution is -2.16. The van der Waals surface area contributed by atoms with Crippen LogP contribution >= 0.6 is 0 Å². The number of fused-ring (bicyclic) bond motifs is 3. The Hall–Kier alpha value is -8.90. The van der Waals surface area contributed by atoms with Crippen LogP contribution in [0.1, 0.15) is 97.3 Å². The van der Waals surface area contributed by atoms with E-state index < -0.39 is 36.1 Å². The molecular weight excluding hydrogens is 865 g/mol. The molecule has 0 fully saturated rings. The zero-order chi connectivity index (χ0) is 47.0. The van der Waals surface area contributed by atoms with Crippen LogP contribution in [0.5, 0.6) is 69.0 Å². The predicted molar refractivity (Wildman–Crippen MR) is 251 cm³/mol. The molecule has 6 atom stereocenters. The van der Waals surface area contributed by atoms with Crippen LogP contribution in [0.2, 0.25) is 0 Å². The number of ether oxygens (including phenoxy) is 3. The van der Waals surface area contributed by atoms with Crippen LogP contribution in [0.4, 0.5) is 0 Å². The van der Waals surface area contributed by atoms with Gasteiger partial charge in [0.2, 0.25) is 0 Å². The van der Waals surface area contributed by atoms with Crippen molar-refractivity contribution in [3.05, 3.63) is 213 Å². The highest BCUT2D eigenvalue weighted by molar-refractivity contribution is 5.76. The van der Waals surface area contributed by atoms with Gasteiger partial charge >= 0.3 is 0 Å². The Bertz CT molecular complexity index is 3250.